The zero-order chi connectivity index (χ0) is 42.0. The van der Waals surface area contributed by atoms with Crippen LogP contribution < -0.4 is 10.6 Å². The number of nitrogens with one attached hydrogen (secondary N) is 2. The smallest absolute Gasteiger partial charge is 0.305 e. The number of rotatable bonds is 43. The molecule has 0 aromatic heterocycles. The van der Waals surface area contributed by atoms with E-state index in [2.05, 4.69) is 57.3 Å². The fourth-order valence-corrected chi connectivity index (χ4v) is 8.19. The van der Waals surface area contributed by atoms with Crippen molar-refractivity contribution in [3.63, 3.8) is 0 Å². The Labute approximate surface area is 360 Å². The summed E-state index contributed by atoms with van der Waals surface area (Å²) in [5, 5.41) is 7.83. The van der Waals surface area contributed by atoms with Gasteiger partial charge in [-0.15, -0.1) is 0 Å². The molecule has 0 atom stereocenters. The SMILES string of the molecule is CCCCCC(CCCCC)CCOC(=O)CCCCCCCC(CCCCCCCC(=O)OCCC(CCCCC)CCCCC)NC(=S)NCCCN(C)C. The first-order chi connectivity index (χ1) is 27.7. The van der Waals surface area contributed by atoms with Gasteiger partial charge in [0.25, 0.3) is 0 Å². The minimum absolute atomic E-state index is 0.0126. The topological polar surface area (TPSA) is 79.9 Å². The Balaban J connectivity index is 4.39. The van der Waals surface area contributed by atoms with Crippen molar-refractivity contribution in [2.24, 2.45) is 11.8 Å². The highest BCUT2D eigenvalue weighted by Crippen LogP contribution is 2.23. The highest BCUT2D eigenvalue weighted by Gasteiger charge is 2.13. The molecule has 0 saturated heterocycles. The summed E-state index contributed by atoms with van der Waals surface area (Å²) in [6.45, 7) is 12.2. The minimum atomic E-state index is -0.0126. The second-order valence-electron chi connectivity index (χ2n) is 17.6. The number of unbranched alkanes of at least 4 members (excludes halogenated alkanes) is 16. The maximum atomic E-state index is 12.4. The minimum Gasteiger partial charge on any atom is -0.466 e. The molecule has 0 radical (unpaired) electrons. The molecule has 0 aliphatic rings. The van der Waals surface area contributed by atoms with E-state index < -0.39 is 0 Å². The van der Waals surface area contributed by atoms with Gasteiger partial charge in [0.2, 0.25) is 0 Å². The lowest BCUT2D eigenvalue weighted by atomic mass is 9.92. The summed E-state index contributed by atoms with van der Waals surface area (Å²) in [7, 11) is 4.21. The third kappa shape index (κ3) is 39.8. The number of esters is 2. The van der Waals surface area contributed by atoms with E-state index in [-0.39, 0.29) is 11.9 Å². The predicted octanol–water partition coefficient (Wildman–Crippen LogP) is 13.7. The largest absolute Gasteiger partial charge is 0.466 e. The Morgan fingerprint density at radius 2 is 0.860 bits per heavy atom. The van der Waals surface area contributed by atoms with Gasteiger partial charge in [-0.2, -0.15) is 0 Å². The summed E-state index contributed by atoms with van der Waals surface area (Å²) in [6, 6.07) is 0.379. The summed E-state index contributed by atoms with van der Waals surface area (Å²) in [5.74, 6) is 1.39. The molecule has 0 fully saturated rings. The van der Waals surface area contributed by atoms with E-state index >= 15 is 0 Å². The Bertz CT molecular complexity index is 828. The number of nitrogens with zero attached hydrogens (tertiary/aromatic N) is 1. The van der Waals surface area contributed by atoms with Crippen LogP contribution in [0, 0.1) is 11.8 Å². The Morgan fingerprint density at radius 3 is 1.25 bits per heavy atom. The first kappa shape index (κ1) is 55.6. The van der Waals surface area contributed by atoms with E-state index in [9.17, 15) is 9.59 Å². The van der Waals surface area contributed by atoms with Crippen LogP contribution in [0.25, 0.3) is 0 Å². The summed E-state index contributed by atoms with van der Waals surface area (Å²) >= 11 is 5.69. The normalized spacial score (nSPS) is 11.6. The first-order valence-corrected chi connectivity index (χ1v) is 25.2. The molecule has 0 aliphatic carbocycles. The third-order valence-electron chi connectivity index (χ3n) is 11.7. The highest BCUT2D eigenvalue weighted by atomic mass is 32.1. The van der Waals surface area contributed by atoms with Gasteiger partial charge in [-0.1, -0.05) is 182 Å². The Kier molecular flexibility index (Phi) is 41.6. The van der Waals surface area contributed by atoms with Crippen LogP contribution in [0.2, 0.25) is 0 Å². The second-order valence-corrected chi connectivity index (χ2v) is 18.0. The van der Waals surface area contributed by atoms with Crippen LogP contribution in [0.15, 0.2) is 0 Å². The van der Waals surface area contributed by atoms with Crippen molar-refractivity contribution >= 4 is 29.3 Å². The van der Waals surface area contributed by atoms with Crippen molar-refractivity contribution < 1.29 is 19.1 Å². The van der Waals surface area contributed by atoms with E-state index in [4.69, 9.17) is 21.7 Å². The standard InChI is InChI=1S/C49H97N3O4S/c1-7-11-21-30-44(31-22-12-8-2)38-42-55-47(53)36-27-19-15-17-25-34-46(51-49(57)50-40-29-41-52(5)6)35-26-18-16-20-28-37-48(54)56-43-39-45(32-23-13-9-3)33-24-14-10-4/h44-46H,7-43H2,1-6H3,(H2,50,51,57). The van der Waals surface area contributed by atoms with E-state index in [1.165, 1.54) is 128 Å². The van der Waals surface area contributed by atoms with Crippen LogP contribution in [0.1, 0.15) is 240 Å². The molecule has 0 aromatic rings. The van der Waals surface area contributed by atoms with E-state index in [1.54, 1.807) is 0 Å². The molecule has 0 bridgehead atoms. The number of hydrogen-bond donors (Lipinski definition) is 2. The number of thiocarbonyl (C=S) groups is 1. The van der Waals surface area contributed by atoms with Crippen molar-refractivity contribution in [3.05, 3.63) is 0 Å². The predicted molar refractivity (Wildman–Crippen MR) is 250 cm³/mol. The zero-order valence-corrected chi connectivity index (χ0v) is 39.7. The van der Waals surface area contributed by atoms with Crippen molar-refractivity contribution in [2.75, 3.05) is 40.4 Å². The number of carbonyl (C=O) groups is 2. The molecule has 0 aromatic carbocycles. The molecule has 0 rings (SSSR count). The fourth-order valence-electron chi connectivity index (χ4n) is 7.92. The summed E-state index contributed by atoms with van der Waals surface area (Å²) in [4.78, 5) is 27.0. The molecular formula is C49H97N3O4S. The van der Waals surface area contributed by atoms with Gasteiger partial charge in [0, 0.05) is 25.4 Å². The van der Waals surface area contributed by atoms with Crippen LogP contribution in [-0.4, -0.2) is 68.4 Å². The first-order valence-electron chi connectivity index (χ1n) is 24.8. The van der Waals surface area contributed by atoms with Gasteiger partial charge in [0.15, 0.2) is 5.11 Å². The third-order valence-corrected chi connectivity index (χ3v) is 12.0. The van der Waals surface area contributed by atoms with Crippen molar-refractivity contribution in [1.82, 2.24) is 15.5 Å². The average Bonchev–Trinajstić information content (AvgIpc) is 3.18. The highest BCUT2D eigenvalue weighted by molar-refractivity contribution is 7.80. The van der Waals surface area contributed by atoms with Gasteiger partial charge in [0.1, 0.15) is 0 Å². The van der Waals surface area contributed by atoms with Crippen molar-refractivity contribution in [1.29, 1.82) is 0 Å². The quantitative estimate of drug-likeness (QED) is 0.0358. The molecule has 2 N–H and O–H groups in total. The van der Waals surface area contributed by atoms with Gasteiger partial charge in [-0.25, -0.2) is 0 Å². The van der Waals surface area contributed by atoms with Crippen LogP contribution in [0.5, 0.6) is 0 Å². The molecular weight excluding hydrogens is 727 g/mol. The molecule has 0 spiro atoms. The molecule has 7 nitrogen and oxygen atoms in total. The zero-order valence-electron chi connectivity index (χ0n) is 38.9. The van der Waals surface area contributed by atoms with Crippen molar-refractivity contribution in [2.45, 2.75) is 246 Å². The lowest BCUT2D eigenvalue weighted by Gasteiger charge is -2.21. The van der Waals surface area contributed by atoms with Crippen LogP contribution in [0.3, 0.4) is 0 Å². The fraction of sp³-hybridized carbons (Fsp3) is 0.939. The van der Waals surface area contributed by atoms with Crippen LogP contribution >= 0.6 is 12.2 Å². The maximum Gasteiger partial charge on any atom is 0.305 e. The van der Waals surface area contributed by atoms with E-state index in [0.29, 0.717) is 43.9 Å². The molecule has 0 saturated carbocycles. The average molecular weight is 824 g/mol. The van der Waals surface area contributed by atoms with Crippen LogP contribution in [0.4, 0.5) is 0 Å². The molecule has 57 heavy (non-hydrogen) atoms. The Morgan fingerprint density at radius 1 is 0.491 bits per heavy atom. The Hall–Kier alpha value is -1.41. The number of hydrogen-bond acceptors (Lipinski definition) is 6. The van der Waals surface area contributed by atoms with E-state index in [1.807, 2.05) is 0 Å². The van der Waals surface area contributed by atoms with Gasteiger partial charge in [-0.05, 0) is 89.6 Å². The molecule has 0 unspecified atom stereocenters. The molecule has 0 heterocycles. The second kappa shape index (κ2) is 42.7. The summed E-state index contributed by atoms with van der Waals surface area (Å²) in [5.41, 5.74) is 0. The van der Waals surface area contributed by atoms with Gasteiger partial charge in [-0.3, -0.25) is 9.59 Å². The molecule has 8 heteroatoms. The summed E-state index contributed by atoms with van der Waals surface area (Å²) in [6.07, 6.45) is 38.1. The number of ether oxygens (including phenoxy) is 2. The monoisotopic (exact) mass is 824 g/mol. The van der Waals surface area contributed by atoms with Gasteiger partial charge in [0.05, 0.1) is 13.2 Å². The van der Waals surface area contributed by atoms with E-state index in [0.717, 1.165) is 88.8 Å². The molecule has 338 valence electrons. The lowest BCUT2D eigenvalue weighted by Crippen LogP contribution is -2.42. The van der Waals surface area contributed by atoms with Crippen LogP contribution in [-0.2, 0) is 19.1 Å². The van der Waals surface area contributed by atoms with Gasteiger partial charge >= 0.3 is 11.9 Å². The molecule has 0 aliphatic heterocycles. The lowest BCUT2D eigenvalue weighted by molar-refractivity contribution is -0.145. The molecule has 0 amide bonds. The maximum absolute atomic E-state index is 12.4. The number of carbonyl (C=O) groups excluding carboxylic acids is 2. The summed E-state index contributed by atoms with van der Waals surface area (Å²) < 4.78 is 11.3. The van der Waals surface area contributed by atoms with Gasteiger partial charge < -0.3 is 25.0 Å². The van der Waals surface area contributed by atoms with Crippen molar-refractivity contribution in [3.8, 4) is 0 Å².